The van der Waals surface area contributed by atoms with Crippen molar-refractivity contribution >= 4 is 17.4 Å². The van der Waals surface area contributed by atoms with Gasteiger partial charge in [0.15, 0.2) is 0 Å². The van der Waals surface area contributed by atoms with E-state index in [1.807, 2.05) is 31.1 Å². The van der Waals surface area contributed by atoms with Crippen LogP contribution in [0, 0.1) is 11.8 Å². The number of aromatic nitrogens is 1. The number of amides is 1. The van der Waals surface area contributed by atoms with Crippen LogP contribution in [0.1, 0.15) is 13.3 Å². The molecule has 4 heteroatoms. The molecule has 1 heterocycles. The smallest absolute Gasteiger partial charge is 0.227 e. The van der Waals surface area contributed by atoms with Crippen molar-refractivity contribution in [1.82, 2.24) is 4.98 Å². The van der Waals surface area contributed by atoms with Crippen LogP contribution in [-0.2, 0) is 4.79 Å². The molecule has 0 aromatic carbocycles. The van der Waals surface area contributed by atoms with Gasteiger partial charge in [-0.25, -0.2) is 4.98 Å². The highest BCUT2D eigenvalue weighted by Crippen LogP contribution is 2.38. The maximum Gasteiger partial charge on any atom is 0.227 e. The summed E-state index contributed by atoms with van der Waals surface area (Å²) < 4.78 is 0. The van der Waals surface area contributed by atoms with Gasteiger partial charge in [-0.1, -0.05) is 6.92 Å². The molecule has 1 N–H and O–H groups in total. The van der Waals surface area contributed by atoms with Crippen LogP contribution in [0.25, 0.3) is 0 Å². The van der Waals surface area contributed by atoms with Crippen molar-refractivity contribution < 1.29 is 4.79 Å². The predicted octanol–water partition coefficient (Wildman–Crippen LogP) is 1.74. The van der Waals surface area contributed by atoms with E-state index in [9.17, 15) is 4.79 Å². The molecule has 1 aliphatic rings. The lowest BCUT2D eigenvalue weighted by Crippen LogP contribution is -2.15. The summed E-state index contributed by atoms with van der Waals surface area (Å²) in [6.07, 6.45) is 2.70. The third kappa shape index (κ3) is 2.32. The molecule has 1 aromatic heterocycles. The molecule has 0 radical (unpaired) electrons. The lowest BCUT2D eigenvalue weighted by Gasteiger charge is -2.11. The summed E-state index contributed by atoms with van der Waals surface area (Å²) in [6.45, 7) is 2.09. The second kappa shape index (κ2) is 4.12. The minimum Gasteiger partial charge on any atom is -0.363 e. The SMILES string of the molecule is CC1CC1C(=O)Nc1ccc(N(C)C)nc1. The summed E-state index contributed by atoms with van der Waals surface area (Å²) in [5.41, 5.74) is 0.773. The van der Waals surface area contributed by atoms with Crippen LogP contribution < -0.4 is 10.2 Å². The Balaban J connectivity index is 1.97. The molecule has 2 rings (SSSR count). The Bertz CT molecular complexity index is 386. The molecule has 0 aliphatic heterocycles. The second-order valence-corrected chi connectivity index (χ2v) is 4.61. The number of nitrogens with zero attached hydrogens (tertiary/aromatic N) is 2. The first-order chi connectivity index (χ1) is 7.58. The summed E-state index contributed by atoms with van der Waals surface area (Å²) in [7, 11) is 3.87. The largest absolute Gasteiger partial charge is 0.363 e. The van der Waals surface area contributed by atoms with Gasteiger partial charge >= 0.3 is 0 Å². The van der Waals surface area contributed by atoms with Crippen molar-refractivity contribution in [3.63, 3.8) is 0 Å². The van der Waals surface area contributed by atoms with Crippen LogP contribution in [0.3, 0.4) is 0 Å². The van der Waals surface area contributed by atoms with Gasteiger partial charge in [-0.05, 0) is 24.5 Å². The lowest BCUT2D eigenvalue weighted by atomic mass is 10.3. The highest BCUT2D eigenvalue weighted by molar-refractivity contribution is 5.94. The standard InChI is InChI=1S/C12H17N3O/c1-8-6-10(8)12(16)14-9-4-5-11(13-7-9)15(2)3/h4-5,7-8,10H,6H2,1-3H3,(H,14,16). The van der Waals surface area contributed by atoms with Crippen LogP contribution in [-0.4, -0.2) is 25.0 Å². The number of nitrogens with one attached hydrogen (secondary N) is 1. The average molecular weight is 219 g/mol. The van der Waals surface area contributed by atoms with Crippen LogP contribution in [0.4, 0.5) is 11.5 Å². The topological polar surface area (TPSA) is 45.2 Å². The summed E-state index contributed by atoms with van der Waals surface area (Å²) in [6, 6.07) is 3.78. The van der Waals surface area contributed by atoms with E-state index in [0.29, 0.717) is 5.92 Å². The van der Waals surface area contributed by atoms with E-state index >= 15 is 0 Å². The molecule has 86 valence electrons. The fourth-order valence-corrected chi connectivity index (χ4v) is 1.65. The number of hydrogen-bond donors (Lipinski definition) is 1. The number of hydrogen-bond acceptors (Lipinski definition) is 3. The third-order valence-electron chi connectivity index (χ3n) is 2.92. The summed E-state index contributed by atoms with van der Waals surface area (Å²) in [4.78, 5) is 17.8. The zero-order valence-electron chi connectivity index (χ0n) is 9.90. The molecule has 2 atom stereocenters. The van der Waals surface area contributed by atoms with Gasteiger partial charge in [-0.2, -0.15) is 0 Å². The molecule has 16 heavy (non-hydrogen) atoms. The van der Waals surface area contributed by atoms with Gasteiger partial charge < -0.3 is 10.2 Å². The van der Waals surface area contributed by atoms with Gasteiger partial charge in [-0.15, -0.1) is 0 Å². The molecule has 2 unspecified atom stereocenters. The van der Waals surface area contributed by atoms with Crippen LogP contribution in [0.2, 0.25) is 0 Å². The zero-order valence-corrected chi connectivity index (χ0v) is 9.90. The van der Waals surface area contributed by atoms with Gasteiger partial charge in [0.1, 0.15) is 5.82 Å². The van der Waals surface area contributed by atoms with Crippen molar-refractivity contribution in [3.8, 4) is 0 Å². The van der Waals surface area contributed by atoms with Gasteiger partial charge in [0.05, 0.1) is 11.9 Å². The van der Waals surface area contributed by atoms with Crippen molar-refractivity contribution in [1.29, 1.82) is 0 Å². The highest BCUT2D eigenvalue weighted by atomic mass is 16.2. The minimum atomic E-state index is 0.118. The first-order valence-corrected chi connectivity index (χ1v) is 5.52. The van der Waals surface area contributed by atoms with Gasteiger partial charge in [0.2, 0.25) is 5.91 Å². The molecule has 0 bridgehead atoms. The number of pyridine rings is 1. The maximum atomic E-state index is 11.7. The Morgan fingerprint density at radius 2 is 2.19 bits per heavy atom. The van der Waals surface area contributed by atoms with Crippen molar-refractivity contribution in [2.24, 2.45) is 11.8 Å². The molecule has 1 amide bonds. The molecule has 1 aromatic rings. The Hall–Kier alpha value is -1.58. The molecule has 0 spiro atoms. The Kier molecular flexibility index (Phi) is 2.81. The van der Waals surface area contributed by atoms with E-state index in [4.69, 9.17) is 0 Å². The van der Waals surface area contributed by atoms with Gasteiger partial charge in [0.25, 0.3) is 0 Å². The van der Waals surface area contributed by atoms with Crippen molar-refractivity contribution in [2.45, 2.75) is 13.3 Å². The Morgan fingerprint density at radius 3 is 2.62 bits per heavy atom. The molecule has 1 aliphatic carbocycles. The van der Waals surface area contributed by atoms with E-state index in [-0.39, 0.29) is 11.8 Å². The lowest BCUT2D eigenvalue weighted by molar-refractivity contribution is -0.117. The van der Waals surface area contributed by atoms with Gasteiger partial charge in [0, 0.05) is 20.0 Å². The fourth-order valence-electron chi connectivity index (χ4n) is 1.65. The van der Waals surface area contributed by atoms with E-state index in [1.54, 1.807) is 6.20 Å². The normalized spacial score (nSPS) is 22.7. The fraction of sp³-hybridized carbons (Fsp3) is 0.500. The number of rotatable bonds is 3. The maximum absolute atomic E-state index is 11.7. The Morgan fingerprint density at radius 1 is 1.50 bits per heavy atom. The molecular formula is C12H17N3O. The van der Waals surface area contributed by atoms with E-state index in [2.05, 4.69) is 17.2 Å². The third-order valence-corrected chi connectivity index (χ3v) is 2.92. The molecule has 1 saturated carbocycles. The molecular weight excluding hydrogens is 202 g/mol. The highest BCUT2D eigenvalue weighted by Gasteiger charge is 2.39. The number of carbonyl (C=O) groups is 1. The monoisotopic (exact) mass is 219 g/mol. The quantitative estimate of drug-likeness (QED) is 0.842. The van der Waals surface area contributed by atoms with E-state index < -0.39 is 0 Å². The van der Waals surface area contributed by atoms with E-state index in [0.717, 1.165) is 17.9 Å². The second-order valence-electron chi connectivity index (χ2n) is 4.61. The first kappa shape index (κ1) is 10.9. The average Bonchev–Trinajstić information content (AvgIpc) is 2.96. The van der Waals surface area contributed by atoms with Crippen LogP contribution >= 0.6 is 0 Å². The number of carbonyl (C=O) groups excluding carboxylic acids is 1. The summed E-state index contributed by atoms with van der Waals surface area (Å²) >= 11 is 0. The molecule has 1 fully saturated rings. The van der Waals surface area contributed by atoms with Crippen LogP contribution in [0.15, 0.2) is 18.3 Å². The summed E-state index contributed by atoms with van der Waals surface area (Å²) in [5, 5.41) is 2.88. The summed E-state index contributed by atoms with van der Waals surface area (Å²) in [5.74, 6) is 1.74. The number of anilines is 2. The van der Waals surface area contributed by atoms with Crippen molar-refractivity contribution in [3.05, 3.63) is 18.3 Å². The molecule has 0 saturated heterocycles. The Labute approximate surface area is 95.7 Å². The van der Waals surface area contributed by atoms with Gasteiger partial charge in [-0.3, -0.25) is 4.79 Å². The first-order valence-electron chi connectivity index (χ1n) is 5.52. The van der Waals surface area contributed by atoms with Crippen LogP contribution in [0.5, 0.6) is 0 Å². The predicted molar refractivity (Wildman–Crippen MR) is 64.5 cm³/mol. The zero-order chi connectivity index (χ0) is 11.7. The van der Waals surface area contributed by atoms with Crippen molar-refractivity contribution in [2.75, 3.05) is 24.3 Å². The molecule has 4 nitrogen and oxygen atoms in total. The minimum absolute atomic E-state index is 0.118. The van der Waals surface area contributed by atoms with E-state index in [1.165, 1.54) is 0 Å².